The molecule has 0 saturated carbocycles. The first-order valence-electron chi connectivity index (χ1n) is 9.83. The maximum atomic E-state index is 4.72. The Balaban J connectivity index is 1.35. The summed E-state index contributed by atoms with van der Waals surface area (Å²) in [6, 6.07) is 17.3. The van der Waals surface area contributed by atoms with Crippen LogP contribution in [0.1, 0.15) is 17.8 Å². The number of nitrogens with one attached hydrogen (secondary N) is 2. The van der Waals surface area contributed by atoms with Gasteiger partial charge in [0.05, 0.1) is 17.6 Å². The van der Waals surface area contributed by atoms with Crippen LogP contribution in [0.5, 0.6) is 0 Å². The summed E-state index contributed by atoms with van der Waals surface area (Å²) in [5.74, 6) is 1.82. The molecule has 1 aliphatic rings. The highest BCUT2D eigenvalue weighted by atomic mass is 15.2. The second kappa shape index (κ2) is 7.92. The Morgan fingerprint density at radius 2 is 1.96 bits per heavy atom. The van der Waals surface area contributed by atoms with E-state index < -0.39 is 0 Å². The fourth-order valence-electron chi connectivity index (χ4n) is 3.77. The Morgan fingerprint density at radius 3 is 2.71 bits per heavy atom. The van der Waals surface area contributed by atoms with E-state index in [2.05, 4.69) is 69.4 Å². The van der Waals surface area contributed by atoms with Crippen molar-refractivity contribution in [1.29, 1.82) is 0 Å². The van der Waals surface area contributed by atoms with Crippen LogP contribution in [0.3, 0.4) is 0 Å². The Kier molecular flexibility index (Phi) is 5.19. The number of hydrogen-bond acceptors (Lipinski definition) is 3. The molecule has 1 aliphatic heterocycles. The molecule has 2 heterocycles. The maximum Gasteiger partial charge on any atom is 0.191 e. The molecule has 1 fully saturated rings. The average Bonchev–Trinajstić information content (AvgIpc) is 3.31. The van der Waals surface area contributed by atoms with E-state index in [0.29, 0.717) is 12.6 Å². The van der Waals surface area contributed by atoms with Crippen molar-refractivity contribution in [2.45, 2.75) is 25.9 Å². The second-order valence-electron chi connectivity index (χ2n) is 7.41. The molecule has 28 heavy (non-hydrogen) atoms. The number of rotatable bonds is 4. The maximum absolute atomic E-state index is 4.72. The van der Waals surface area contributed by atoms with Gasteiger partial charge in [-0.2, -0.15) is 0 Å². The highest BCUT2D eigenvalue weighted by Crippen LogP contribution is 2.20. The van der Waals surface area contributed by atoms with Crippen molar-refractivity contribution in [3.8, 4) is 0 Å². The second-order valence-corrected chi connectivity index (χ2v) is 7.41. The fraction of sp³-hybridized carbons (Fsp3) is 0.364. The van der Waals surface area contributed by atoms with Crippen LogP contribution in [0.4, 0.5) is 5.69 Å². The molecule has 6 heteroatoms. The molecule has 146 valence electrons. The third kappa shape index (κ3) is 3.81. The monoisotopic (exact) mass is 376 g/mol. The van der Waals surface area contributed by atoms with Gasteiger partial charge >= 0.3 is 0 Å². The summed E-state index contributed by atoms with van der Waals surface area (Å²) in [5, 5.41) is 6.97. The van der Waals surface area contributed by atoms with Gasteiger partial charge in [-0.1, -0.05) is 29.8 Å². The standard InChI is InChI=1S/C22H28N6/c1-16-8-10-18(11-9-16)28-13-12-17(15-28)25-22(23-2)24-14-21-26-19-6-4-5-7-20(19)27(21)3/h4-11,17H,12-15H2,1-3H3,(H2,23,24,25). The fourth-order valence-corrected chi connectivity index (χ4v) is 3.77. The molecular weight excluding hydrogens is 348 g/mol. The van der Waals surface area contributed by atoms with E-state index in [0.717, 1.165) is 42.3 Å². The van der Waals surface area contributed by atoms with Crippen molar-refractivity contribution >= 4 is 22.7 Å². The molecule has 1 aromatic heterocycles. The smallest absolute Gasteiger partial charge is 0.191 e. The highest BCUT2D eigenvalue weighted by molar-refractivity contribution is 5.80. The van der Waals surface area contributed by atoms with Gasteiger partial charge in [-0.05, 0) is 37.6 Å². The molecule has 3 aromatic rings. The van der Waals surface area contributed by atoms with Crippen LogP contribution in [0.2, 0.25) is 0 Å². The van der Waals surface area contributed by atoms with Crippen molar-refractivity contribution < 1.29 is 0 Å². The van der Waals surface area contributed by atoms with Gasteiger partial charge in [-0.3, -0.25) is 4.99 Å². The molecule has 6 nitrogen and oxygen atoms in total. The first-order valence-corrected chi connectivity index (χ1v) is 9.83. The molecule has 0 spiro atoms. The van der Waals surface area contributed by atoms with E-state index >= 15 is 0 Å². The third-order valence-corrected chi connectivity index (χ3v) is 5.45. The van der Waals surface area contributed by atoms with Crippen LogP contribution in [0.25, 0.3) is 11.0 Å². The largest absolute Gasteiger partial charge is 0.369 e. The molecule has 0 radical (unpaired) electrons. The van der Waals surface area contributed by atoms with Gasteiger partial charge < -0.3 is 20.1 Å². The van der Waals surface area contributed by atoms with Crippen LogP contribution in [-0.2, 0) is 13.6 Å². The zero-order valence-electron chi connectivity index (χ0n) is 16.8. The molecule has 4 rings (SSSR count). The van der Waals surface area contributed by atoms with Crippen LogP contribution < -0.4 is 15.5 Å². The normalized spacial score (nSPS) is 17.3. The van der Waals surface area contributed by atoms with Gasteiger partial charge in [0.1, 0.15) is 5.82 Å². The van der Waals surface area contributed by atoms with Crippen LogP contribution >= 0.6 is 0 Å². The minimum Gasteiger partial charge on any atom is -0.369 e. The number of anilines is 1. The van der Waals surface area contributed by atoms with Crippen LogP contribution in [0.15, 0.2) is 53.5 Å². The number of fused-ring (bicyclic) bond motifs is 1. The lowest BCUT2D eigenvalue weighted by Crippen LogP contribution is -2.44. The summed E-state index contributed by atoms with van der Waals surface area (Å²) >= 11 is 0. The SMILES string of the molecule is CN=C(NCc1nc2ccccc2n1C)NC1CCN(c2ccc(C)cc2)C1. The summed E-state index contributed by atoms with van der Waals surface area (Å²) in [4.78, 5) is 11.5. The van der Waals surface area contributed by atoms with Crippen molar-refractivity contribution in [2.75, 3.05) is 25.0 Å². The number of aryl methyl sites for hydroxylation is 2. The van der Waals surface area contributed by atoms with E-state index in [1.165, 1.54) is 11.3 Å². The topological polar surface area (TPSA) is 57.5 Å². The van der Waals surface area contributed by atoms with Crippen molar-refractivity contribution in [2.24, 2.45) is 12.0 Å². The predicted octanol–water partition coefficient (Wildman–Crippen LogP) is 2.83. The minimum atomic E-state index is 0.382. The minimum absolute atomic E-state index is 0.382. The number of aromatic nitrogens is 2. The highest BCUT2D eigenvalue weighted by Gasteiger charge is 2.23. The molecular formula is C22H28N6. The molecule has 0 amide bonds. The number of guanidine groups is 1. The van der Waals surface area contributed by atoms with Gasteiger partial charge in [0.15, 0.2) is 5.96 Å². The summed E-state index contributed by atoms with van der Waals surface area (Å²) in [6.45, 7) is 4.80. The molecule has 0 bridgehead atoms. The lowest BCUT2D eigenvalue weighted by Gasteiger charge is -2.20. The van der Waals surface area contributed by atoms with Gasteiger partial charge in [-0.15, -0.1) is 0 Å². The third-order valence-electron chi connectivity index (χ3n) is 5.45. The molecule has 0 aliphatic carbocycles. The summed E-state index contributed by atoms with van der Waals surface area (Å²) in [6.07, 6.45) is 1.10. The quantitative estimate of drug-likeness (QED) is 0.543. The van der Waals surface area contributed by atoms with E-state index in [4.69, 9.17) is 4.98 Å². The van der Waals surface area contributed by atoms with Gasteiger partial charge in [-0.25, -0.2) is 4.98 Å². The summed E-state index contributed by atoms with van der Waals surface area (Å²) in [7, 11) is 3.87. The number of benzene rings is 2. The molecule has 2 N–H and O–H groups in total. The van der Waals surface area contributed by atoms with Gasteiger partial charge in [0, 0.05) is 38.9 Å². The number of nitrogens with zero attached hydrogens (tertiary/aromatic N) is 4. The van der Waals surface area contributed by atoms with Gasteiger partial charge in [0.2, 0.25) is 0 Å². The Bertz CT molecular complexity index is 972. The van der Waals surface area contributed by atoms with E-state index in [1.54, 1.807) is 0 Å². The van der Waals surface area contributed by atoms with E-state index in [-0.39, 0.29) is 0 Å². The lowest BCUT2D eigenvalue weighted by molar-refractivity contribution is 0.642. The number of para-hydroxylation sites is 2. The zero-order chi connectivity index (χ0) is 19.5. The Morgan fingerprint density at radius 1 is 1.18 bits per heavy atom. The molecule has 2 aromatic carbocycles. The molecule has 1 saturated heterocycles. The number of aliphatic imine (C=N–C) groups is 1. The first-order chi connectivity index (χ1) is 13.6. The zero-order valence-corrected chi connectivity index (χ0v) is 16.8. The number of hydrogen-bond donors (Lipinski definition) is 2. The summed E-state index contributed by atoms with van der Waals surface area (Å²) < 4.78 is 2.13. The average molecular weight is 377 g/mol. The number of imidazole rings is 1. The molecule has 1 unspecified atom stereocenters. The summed E-state index contributed by atoms with van der Waals surface area (Å²) in [5.41, 5.74) is 4.75. The Hall–Kier alpha value is -3.02. The van der Waals surface area contributed by atoms with Crippen molar-refractivity contribution in [3.63, 3.8) is 0 Å². The van der Waals surface area contributed by atoms with Crippen molar-refractivity contribution in [1.82, 2.24) is 20.2 Å². The lowest BCUT2D eigenvalue weighted by atomic mass is 10.2. The predicted molar refractivity (Wildman–Crippen MR) is 116 cm³/mol. The van der Waals surface area contributed by atoms with Crippen LogP contribution in [0, 0.1) is 6.92 Å². The van der Waals surface area contributed by atoms with Crippen LogP contribution in [-0.4, -0.2) is 41.7 Å². The van der Waals surface area contributed by atoms with E-state index in [9.17, 15) is 0 Å². The first kappa shape index (κ1) is 18.3. The van der Waals surface area contributed by atoms with Crippen molar-refractivity contribution in [3.05, 3.63) is 59.9 Å². The van der Waals surface area contributed by atoms with E-state index in [1.807, 2.05) is 25.2 Å². The molecule has 1 atom stereocenters. The van der Waals surface area contributed by atoms with Gasteiger partial charge in [0.25, 0.3) is 0 Å². The Labute approximate surface area is 166 Å².